The minimum Gasteiger partial charge on any atom is -0.396 e. The zero-order valence-electron chi connectivity index (χ0n) is 6.51. The van der Waals surface area contributed by atoms with Crippen molar-refractivity contribution in [2.75, 3.05) is 6.61 Å². The average Bonchev–Trinajstić information content (AvgIpc) is 2.46. The van der Waals surface area contributed by atoms with Crippen LogP contribution in [0.15, 0.2) is 15.2 Å². The summed E-state index contributed by atoms with van der Waals surface area (Å²) in [4.78, 5) is 0. The molecule has 1 aromatic heterocycles. The standard InChI is InChI=1S/C9H9BrOS/c10-9-7-12-6-8(9)4-2-1-3-5-11/h6-7,11H,1,3,5H2. The molecule has 3 heteroatoms. The molecule has 0 fully saturated rings. The molecular weight excluding hydrogens is 236 g/mol. The van der Waals surface area contributed by atoms with Crippen molar-refractivity contribution in [2.45, 2.75) is 12.8 Å². The molecule has 64 valence electrons. The second kappa shape index (κ2) is 5.36. The third-order valence-corrected chi connectivity index (χ3v) is 3.00. The third-order valence-electron chi connectivity index (χ3n) is 1.30. The molecule has 0 aliphatic rings. The maximum Gasteiger partial charge on any atom is 0.0494 e. The lowest BCUT2D eigenvalue weighted by Gasteiger charge is -1.84. The van der Waals surface area contributed by atoms with Gasteiger partial charge in [0.2, 0.25) is 0 Å². The summed E-state index contributed by atoms with van der Waals surface area (Å²) >= 11 is 5.03. The molecule has 12 heavy (non-hydrogen) atoms. The molecule has 0 aliphatic heterocycles. The minimum absolute atomic E-state index is 0.222. The summed E-state index contributed by atoms with van der Waals surface area (Å²) in [6.45, 7) is 0.222. The Morgan fingerprint density at radius 2 is 2.33 bits per heavy atom. The lowest BCUT2D eigenvalue weighted by Crippen LogP contribution is -1.78. The predicted octanol–water partition coefficient (Wildman–Crippen LogP) is 2.63. The number of thiophene rings is 1. The first-order chi connectivity index (χ1) is 5.84. The normalized spacial score (nSPS) is 9.17. The first-order valence-electron chi connectivity index (χ1n) is 3.66. The number of halogens is 1. The van der Waals surface area contributed by atoms with Gasteiger partial charge in [-0.05, 0) is 22.4 Å². The monoisotopic (exact) mass is 244 g/mol. The van der Waals surface area contributed by atoms with Crippen LogP contribution < -0.4 is 0 Å². The van der Waals surface area contributed by atoms with Crippen LogP contribution in [-0.4, -0.2) is 11.7 Å². The van der Waals surface area contributed by atoms with Crippen molar-refractivity contribution >= 4 is 27.3 Å². The number of hydrogen-bond acceptors (Lipinski definition) is 2. The van der Waals surface area contributed by atoms with Crippen LogP contribution in [0.2, 0.25) is 0 Å². The van der Waals surface area contributed by atoms with E-state index in [2.05, 4.69) is 27.8 Å². The maximum absolute atomic E-state index is 8.50. The molecule has 0 atom stereocenters. The second-order valence-electron chi connectivity index (χ2n) is 2.26. The van der Waals surface area contributed by atoms with Crippen LogP contribution in [-0.2, 0) is 0 Å². The number of rotatable bonds is 2. The van der Waals surface area contributed by atoms with Crippen LogP contribution >= 0.6 is 27.3 Å². The molecular formula is C9H9BrOS. The van der Waals surface area contributed by atoms with Crippen LogP contribution in [0, 0.1) is 11.8 Å². The molecule has 0 aromatic carbocycles. The fraction of sp³-hybridized carbons (Fsp3) is 0.333. The number of aliphatic hydroxyl groups excluding tert-OH is 1. The minimum atomic E-state index is 0.222. The van der Waals surface area contributed by atoms with Gasteiger partial charge in [0.25, 0.3) is 0 Å². The quantitative estimate of drug-likeness (QED) is 0.627. The summed E-state index contributed by atoms with van der Waals surface area (Å²) in [7, 11) is 0. The van der Waals surface area contributed by atoms with Gasteiger partial charge in [-0.1, -0.05) is 11.8 Å². The van der Waals surface area contributed by atoms with Gasteiger partial charge in [0.05, 0.1) is 0 Å². The van der Waals surface area contributed by atoms with Gasteiger partial charge in [0, 0.05) is 33.8 Å². The van der Waals surface area contributed by atoms with Crippen molar-refractivity contribution in [3.05, 3.63) is 20.8 Å². The van der Waals surface area contributed by atoms with Gasteiger partial charge < -0.3 is 5.11 Å². The van der Waals surface area contributed by atoms with E-state index in [1.807, 2.05) is 10.8 Å². The molecule has 0 radical (unpaired) electrons. The van der Waals surface area contributed by atoms with Crippen molar-refractivity contribution in [1.82, 2.24) is 0 Å². The van der Waals surface area contributed by atoms with Gasteiger partial charge in [0.15, 0.2) is 0 Å². The summed E-state index contributed by atoms with van der Waals surface area (Å²) in [6, 6.07) is 0. The van der Waals surface area contributed by atoms with Crippen LogP contribution in [0.5, 0.6) is 0 Å². The fourth-order valence-electron chi connectivity index (χ4n) is 0.696. The molecule has 0 amide bonds. The van der Waals surface area contributed by atoms with E-state index in [1.54, 1.807) is 11.3 Å². The lowest BCUT2D eigenvalue weighted by molar-refractivity contribution is 0.290. The van der Waals surface area contributed by atoms with E-state index in [-0.39, 0.29) is 6.61 Å². The zero-order valence-corrected chi connectivity index (χ0v) is 8.91. The smallest absolute Gasteiger partial charge is 0.0494 e. The summed E-state index contributed by atoms with van der Waals surface area (Å²) in [6.07, 6.45) is 1.52. The molecule has 1 heterocycles. The van der Waals surface area contributed by atoms with Gasteiger partial charge >= 0.3 is 0 Å². The van der Waals surface area contributed by atoms with Gasteiger partial charge in [0.1, 0.15) is 0 Å². The van der Waals surface area contributed by atoms with E-state index in [0.717, 1.165) is 22.9 Å². The highest BCUT2D eigenvalue weighted by Gasteiger charge is 1.94. The molecule has 0 bridgehead atoms. The average molecular weight is 245 g/mol. The van der Waals surface area contributed by atoms with E-state index in [9.17, 15) is 0 Å². The van der Waals surface area contributed by atoms with Gasteiger partial charge in [-0.25, -0.2) is 0 Å². The first-order valence-corrected chi connectivity index (χ1v) is 5.39. The Morgan fingerprint density at radius 1 is 1.50 bits per heavy atom. The van der Waals surface area contributed by atoms with Crippen LogP contribution in [0.1, 0.15) is 18.4 Å². The Morgan fingerprint density at radius 3 is 2.92 bits per heavy atom. The number of aliphatic hydroxyl groups is 1. The van der Waals surface area contributed by atoms with Crippen LogP contribution in [0.25, 0.3) is 0 Å². The van der Waals surface area contributed by atoms with Gasteiger partial charge in [-0.15, -0.1) is 11.3 Å². The Kier molecular flexibility index (Phi) is 4.37. The van der Waals surface area contributed by atoms with Gasteiger partial charge in [-0.2, -0.15) is 0 Å². The van der Waals surface area contributed by atoms with Crippen LogP contribution in [0.4, 0.5) is 0 Å². The Hall–Kier alpha value is -0.300. The highest BCUT2D eigenvalue weighted by Crippen LogP contribution is 2.19. The lowest BCUT2D eigenvalue weighted by atomic mass is 10.3. The van der Waals surface area contributed by atoms with Crippen molar-refractivity contribution < 1.29 is 5.11 Å². The van der Waals surface area contributed by atoms with E-state index in [4.69, 9.17) is 5.11 Å². The predicted molar refractivity (Wildman–Crippen MR) is 55.2 cm³/mol. The highest BCUT2D eigenvalue weighted by molar-refractivity contribution is 9.10. The van der Waals surface area contributed by atoms with Gasteiger partial charge in [-0.3, -0.25) is 0 Å². The van der Waals surface area contributed by atoms with E-state index in [0.29, 0.717) is 0 Å². The first kappa shape index (κ1) is 9.79. The largest absolute Gasteiger partial charge is 0.396 e. The highest BCUT2D eigenvalue weighted by atomic mass is 79.9. The molecule has 1 N–H and O–H groups in total. The molecule has 0 saturated carbocycles. The van der Waals surface area contributed by atoms with E-state index in [1.165, 1.54) is 0 Å². The second-order valence-corrected chi connectivity index (χ2v) is 3.86. The SMILES string of the molecule is OCCCC#Cc1cscc1Br. The Labute approximate surface area is 84.6 Å². The summed E-state index contributed by atoms with van der Waals surface area (Å²) in [5.41, 5.74) is 1.04. The van der Waals surface area contributed by atoms with E-state index < -0.39 is 0 Å². The summed E-state index contributed by atoms with van der Waals surface area (Å²) in [5, 5.41) is 12.5. The number of unbranched alkanes of at least 4 members (excludes halogenated alkanes) is 1. The third kappa shape index (κ3) is 2.98. The van der Waals surface area contributed by atoms with E-state index >= 15 is 0 Å². The summed E-state index contributed by atoms with van der Waals surface area (Å²) < 4.78 is 1.06. The van der Waals surface area contributed by atoms with Crippen LogP contribution in [0.3, 0.4) is 0 Å². The molecule has 0 spiro atoms. The number of hydrogen-bond donors (Lipinski definition) is 1. The summed E-state index contributed by atoms with van der Waals surface area (Å²) in [5.74, 6) is 6.03. The molecule has 0 aliphatic carbocycles. The van der Waals surface area contributed by atoms with Crippen molar-refractivity contribution in [3.63, 3.8) is 0 Å². The Bertz CT molecular complexity index is 295. The zero-order chi connectivity index (χ0) is 8.81. The molecule has 1 aromatic rings. The molecule has 0 unspecified atom stereocenters. The maximum atomic E-state index is 8.50. The Balaban J connectivity index is 2.49. The molecule has 1 nitrogen and oxygen atoms in total. The van der Waals surface area contributed by atoms with Crippen molar-refractivity contribution in [3.8, 4) is 11.8 Å². The van der Waals surface area contributed by atoms with Crippen molar-refractivity contribution in [2.24, 2.45) is 0 Å². The molecule has 0 saturated heterocycles. The fourth-order valence-corrected chi connectivity index (χ4v) is 2.02. The van der Waals surface area contributed by atoms with Crippen molar-refractivity contribution in [1.29, 1.82) is 0 Å². The molecule has 1 rings (SSSR count). The topological polar surface area (TPSA) is 20.2 Å².